The van der Waals surface area contributed by atoms with Gasteiger partial charge < -0.3 is 10.1 Å². The Bertz CT molecular complexity index is 1330. The van der Waals surface area contributed by atoms with Crippen molar-refractivity contribution in [1.29, 1.82) is 0 Å². The summed E-state index contributed by atoms with van der Waals surface area (Å²) in [5.74, 6) is 1.43. The largest absolute Gasteiger partial charge is 0.494 e. The summed E-state index contributed by atoms with van der Waals surface area (Å²) in [6.07, 6.45) is 5.59. The number of pyridine rings is 1. The van der Waals surface area contributed by atoms with Crippen molar-refractivity contribution in [3.05, 3.63) is 46.7 Å². The van der Waals surface area contributed by atoms with Crippen molar-refractivity contribution in [1.82, 2.24) is 30.2 Å². The first-order chi connectivity index (χ1) is 16.0. The quantitative estimate of drug-likeness (QED) is 0.396. The highest BCUT2D eigenvalue weighted by Crippen LogP contribution is 2.40. The van der Waals surface area contributed by atoms with E-state index in [-0.39, 0.29) is 11.7 Å². The van der Waals surface area contributed by atoms with Crippen LogP contribution in [0.5, 0.6) is 5.75 Å². The fourth-order valence-corrected chi connectivity index (χ4v) is 4.48. The second-order valence-corrected chi connectivity index (χ2v) is 9.38. The maximum absolute atomic E-state index is 12.4. The van der Waals surface area contributed by atoms with Gasteiger partial charge in [-0.25, -0.2) is 4.98 Å². The van der Waals surface area contributed by atoms with Crippen LogP contribution in [0.1, 0.15) is 18.5 Å². The number of hydrogen-bond donors (Lipinski definition) is 1. The van der Waals surface area contributed by atoms with Crippen molar-refractivity contribution in [3.8, 4) is 27.7 Å². The van der Waals surface area contributed by atoms with Crippen molar-refractivity contribution in [2.45, 2.75) is 19.3 Å². The zero-order valence-corrected chi connectivity index (χ0v) is 19.5. The smallest absolute Gasteiger partial charge is 0.208 e. The van der Waals surface area contributed by atoms with Gasteiger partial charge >= 0.3 is 0 Å². The van der Waals surface area contributed by atoms with Crippen molar-refractivity contribution < 1.29 is 9.53 Å². The van der Waals surface area contributed by atoms with Gasteiger partial charge in [-0.2, -0.15) is 4.80 Å². The van der Waals surface area contributed by atoms with Crippen molar-refractivity contribution >= 4 is 40.1 Å². The van der Waals surface area contributed by atoms with Gasteiger partial charge in [0, 0.05) is 24.2 Å². The number of para-hydroxylation sites is 1. The summed E-state index contributed by atoms with van der Waals surface area (Å²) >= 11 is 7.49. The minimum atomic E-state index is 0.178. The molecule has 3 heterocycles. The SMILES string of the molecule is COc1c(Nc2cc(CC(=O)C3CC3)ncc2-c2ncc(Cl)s2)cccc1-c1nnn(C)n1. The van der Waals surface area contributed by atoms with E-state index in [0.29, 0.717) is 39.3 Å². The first-order valence-electron chi connectivity index (χ1n) is 10.3. The van der Waals surface area contributed by atoms with Crippen LogP contribution >= 0.6 is 22.9 Å². The molecule has 11 heteroatoms. The zero-order valence-electron chi connectivity index (χ0n) is 17.9. The number of halogens is 1. The number of rotatable bonds is 8. The number of methoxy groups -OCH3 is 1. The Morgan fingerprint density at radius 2 is 2.09 bits per heavy atom. The first-order valence-corrected chi connectivity index (χ1v) is 11.5. The van der Waals surface area contributed by atoms with Crippen molar-refractivity contribution in [2.75, 3.05) is 12.4 Å². The zero-order chi connectivity index (χ0) is 22.9. The van der Waals surface area contributed by atoms with Gasteiger partial charge in [-0.1, -0.05) is 17.7 Å². The molecule has 33 heavy (non-hydrogen) atoms. The maximum Gasteiger partial charge on any atom is 0.208 e. The molecule has 3 aromatic heterocycles. The number of tetrazole rings is 1. The number of aryl methyl sites for hydroxylation is 1. The van der Waals surface area contributed by atoms with Gasteiger partial charge in [0.2, 0.25) is 5.82 Å². The van der Waals surface area contributed by atoms with Crippen LogP contribution in [-0.2, 0) is 18.3 Å². The number of nitrogens with zero attached hydrogens (tertiary/aromatic N) is 6. The normalized spacial score (nSPS) is 13.2. The van der Waals surface area contributed by atoms with E-state index in [0.717, 1.165) is 29.1 Å². The Morgan fingerprint density at radius 1 is 1.24 bits per heavy atom. The molecule has 1 fully saturated rings. The van der Waals surface area contributed by atoms with E-state index >= 15 is 0 Å². The molecule has 0 unspecified atom stereocenters. The molecule has 1 N–H and O–H groups in total. The Kier molecular flexibility index (Phi) is 5.77. The average molecular weight is 482 g/mol. The number of Topliss-reactive ketones (excluding diaryl/α,β-unsaturated/α-hetero) is 1. The summed E-state index contributed by atoms with van der Waals surface area (Å²) in [4.78, 5) is 22.7. The number of carbonyl (C=O) groups is 1. The van der Waals surface area contributed by atoms with E-state index < -0.39 is 0 Å². The van der Waals surface area contributed by atoms with Gasteiger partial charge in [0.25, 0.3) is 0 Å². The molecule has 0 amide bonds. The molecule has 0 aliphatic heterocycles. The lowest BCUT2D eigenvalue weighted by Gasteiger charge is -2.16. The number of carbonyl (C=O) groups excluding carboxylic acids is 1. The monoisotopic (exact) mass is 481 g/mol. The second-order valence-electron chi connectivity index (χ2n) is 7.72. The van der Waals surface area contributed by atoms with Crippen LogP contribution in [0.3, 0.4) is 0 Å². The Balaban J connectivity index is 1.55. The molecule has 1 aliphatic carbocycles. The van der Waals surface area contributed by atoms with Gasteiger partial charge in [-0.15, -0.1) is 21.5 Å². The molecule has 1 aliphatic rings. The highest BCUT2D eigenvalue weighted by Gasteiger charge is 2.29. The molecule has 0 spiro atoms. The average Bonchev–Trinajstić information content (AvgIpc) is 3.44. The fraction of sp³-hybridized carbons (Fsp3) is 0.273. The third-order valence-corrected chi connectivity index (χ3v) is 6.44. The lowest BCUT2D eigenvalue weighted by molar-refractivity contribution is -0.119. The molecule has 5 rings (SSSR count). The van der Waals surface area contributed by atoms with Gasteiger partial charge in [0.15, 0.2) is 5.75 Å². The van der Waals surface area contributed by atoms with E-state index in [1.165, 1.54) is 16.1 Å². The Morgan fingerprint density at radius 3 is 2.76 bits per heavy atom. The number of ether oxygens (including phenoxy) is 1. The highest BCUT2D eigenvalue weighted by molar-refractivity contribution is 7.18. The van der Waals surface area contributed by atoms with Crippen LogP contribution in [0.2, 0.25) is 4.34 Å². The summed E-state index contributed by atoms with van der Waals surface area (Å²) in [5.41, 5.74) is 3.63. The van der Waals surface area contributed by atoms with Gasteiger partial charge in [-0.05, 0) is 36.3 Å². The third kappa shape index (κ3) is 4.57. The van der Waals surface area contributed by atoms with Crippen LogP contribution in [0.15, 0.2) is 36.7 Å². The maximum atomic E-state index is 12.4. The van der Waals surface area contributed by atoms with E-state index in [2.05, 4.69) is 30.7 Å². The molecule has 9 nitrogen and oxygen atoms in total. The lowest BCUT2D eigenvalue weighted by Crippen LogP contribution is -2.07. The third-order valence-electron chi connectivity index (χ3n) is 5.29. The highest BCUT2D eigenvalue weighted by atomic mass is 35.5. The van der Waals surface area contributed by atoms with E-state index in [9.17, 15) is 4.79 Å². The number of nitrogens with one attached hydrogen (secondary N) is 1. The van der Waals surface area contributed by atoms with E-state index in [1.54, 1.807) is 26.6 Å². The predicted octanol–water partition coefficient (Wildman–Crippen LogP) is 4.32. The number of ketones is 1. The van der Waals surface area contributed by atoms with Crippen LogP contribution < -0.4 is 10.1 Å². The first kappa shape index (κ1) is 21.5. The number of hydrogen-bond acceptors (Lipinski definition) is 9. The second kappa shape index (κ2) is 8.87. The van der Waals surface area contributed by atoms with Gasteiger partial charge in [0.1, 0.15) is 15.1 Å². The summed E-state index contributed by atoms with van der Waals surface area (Å²) < 4.78 is 6.29. The van der Waals surface area contributed by atoms with E-state index in [1.807, 2.05) is 24.3 Å². The Hall–Kier alpha value is -3.37. The summed E-state index contributed by atoms with van der Waals surface area (Å²) in [6.45, 7) is 0. The minimum Gasteiger partial charge on any atom is -0.494 e. The molecule has 0 saturated heterocycles. The number of aromatic nitrogens is 6. The van der Waals surface area contributed by atoms with Crippen LogP contribution in [0, 0.1) is 5.92 Å². The standard InChI is InChI=1S/C22H20ClN7O2S/c1-30-28-21(27-29-30)14-4-3-5-16(20(14)32-2)26-17-8-13(9-18(31)12-6-7-12)24-10-15(17)22-25-11-19(23)33-22/h3-5,8,10-12H,6-7,9H2,1-2H3,(H,24,26). The predicted molar refractivity (Wildman–Crippen MR) is 126 cm³/mol. The Labute approximate surface area is 198 Å². The van der Waals surface area contributed by atoms with Gasteiger partial charge in [0.05, 0.1) is 42.9 Å². The summed E-state index contributed by atoms with van der Waals surface area (Å²) in [5, 5.41) is 16.5. The molecule has 1 saturated carbocycles. The van der Waals surface area contributed by atoms with Gasteiger partial charge in [-0.3, -0.25) is 9.78 Å². The topological polar surface area (TPSA) is 108 Å². The van der Waals surface area contributed by atoms with Crippen LogP contribution in [0.4, 0.5) is 11.4 Å². The van der Waals surface area contributed by atoms with E-state index in [4.69, 9.17) is 16.3 Å². The molecule has 0 bridgehead atoms. The molecule has 0 radical (unpaired) electrons. The molecule has 1 aromatic carbocycles. The summed E-state index contributed by atoms with van der Waals surface area (Å²) in [6, 6.07) is 7.54. The minimum absolute atomic E-state index is 0.178. The molecule has 4 aromatic rings. The number of benzene rings is 1. The number of thiazole rings is 1. The summed E-state index contributed by atoms with van der Waals surface area (Å²) in [7, 11) is 3.30. The fourth-order valence-electron chi connectivity index (χ4n) is 3.54. The van der Waals surface area contributed by atoms with Crippen molar-refractivity contribution in [2.24, 2.45) is 13.0 Å². The van der Waals surface area contributed by atoms with Crippen LogP contribution in [0.25, 0.3) is 22.0 Å². The van der Waals surface area contributed by atoms with Crippen molar-refractivity contribution in [3.63, 3.8) is 0 Å². The number of anilines is 2. The molecule has 168 valence electrons. The van der Waals surface area contributed by atoms with Crippen LogP contribution in [-0.4, -0.2) is 43.1 Å². The molecular weight excluding hydrogens is 462 g/mol. The molecule has 0 atom stereocenters. The molecular formula is C22H20ClN7O2S. The lowest BCUT2D eigenvalue weighted by atomic mass is 10.1.